The molecule has 14 heavy (non-hydrogen) atoms. The molecular formula is C11H17NO2. The van der Waals surface area contributed by atoms with Gasteiger partial charge in [0.05, 0.1) is 5.54 Å². The summed E-state index contributed by atoms with van der Waals surface area (Å²) < 4.78 is 0. The summed E-state index contributed by atoms with van der Waals surface area (Å²) in [6.07, 6.45) is 2.66. The highest BCUT2D eigenvalue weighted by molar-refractivity contribution is 6.13. The average Bonchev–Trinajstić information content (AvgIpc) is 2.28. The van der Waals surface area contributed by atoms with Crippen LogP contribution in [0.15, 0.2) is 12.2 Å². The SMILES string of the molecule is CC(C)(C)C(C)(C)N1C(=O)C=CC1=O. The van der Waals surface area contributed by atoms with Crippen LogP contribution in [0.4, 0.5) is 0 Å². The smallest absolute Gasteiger partial charge is 0.254 e. The number of rotatable bonds is 1. The number of amides is 2. The van der Waals surface area contributed by atoms with Crippen molar-refractivity contribution in [2.24, 2.45) is 5.41 Å². The first-order chi connectivity index (χ1) is 6.18. The third kappa shape index (κ3) is 1.47. The van der Waals surface area contributed by atoms with Crippen molar-refractivity contribution in [2.75, 3.05) is 0 Å². The molecule has 0 bridgehead atoms. The van der Waals surface area contributed by atoms with Crippen molar-refractivity contribution < 1.29 is 9.59 Å². The molecule has 0 saturated heterocycles. The molecule has 0 fully saturated rings. The predicted octanol–water partition coefficient (Wildman–Crippen LogP) is 1.74. The van der Waals surface area contributed by atoms with Gasteiger partial charge in [-0.3, -0.25) is 14.5 Å². The predicted molar refractivity (Wildman–Crippen MR) is 54.5 cm³/mol. The molecule has 0 aromatic heterocycles. The molecular weight excluding hydrogens is 178 g/mol. The molecule has 0 radical (unpaired) electrons. The van der Waals surface area contributed by atoms with Crippen LogP contribution in [0.5, 0.6) is 0 Å². The van der Waals surface area contributed by atoms with Gasteiger partial charge in [-0.05, 0) is 19.3 Å². The Morgan fingerprint density at radius 1 is 0.929 bits per heavy atom. The van der Waals surface area contributed by atoms with Crippen molar-refractivity contribution >= 4 is 11.8 Å². The van der Waals surface area contributed by atoms with E-state index in [-0.39, 0.29) is 17.2 Å². The summed E-state index contributed by atoms with van der Waals surface area (Å²) in [7, 11) is 0. The Morgan fingerprint density at radius 2 is 1.29 bits per heavy atom. The van der Waals surface area contributed by atoms with Crippen LogP contribution in [0.25, 0.3) is 0 Å². The minimum Gasteiger partial charge on any atom is -0.269 e. The van der Waals surface area contributed by atoms with E-state index in [9.17, 15) is 9.59 Å². The van der Waals surface area contributed by atoms with Crippen LogP contribution >= 0.6 is 0 Å². The molecule has 1 aliphatic rings. The van der Waals surface area contributed by atoms with Gasteiger partial charge in [-0.25, -0.2) is 0 Å². The van der Waals surface area contributed by atoms with Crippen LogP contribution in [0, 0.1) is 5.41 Å². The second-order valence-electron chi connectivity index (χ2n) is 5.15. The molecule has 3 heteroatoms. The minimum atomic E-state index is -0.468. The summed E-state index contributed by atoms with van der Waals surface area (Å²) in [5.74, 6) is -0.426. The first-order valence-electron chi connectivity index (χ1n) is 4.74. The van der Waals surface area contributed by atoms with Crippen LogP contribution in [0.2, 0.25) is 0 Å². The van der Waals surface area contributed by atoms with Crippen molar-refractivity contribution in [3.8, 4) is 0 Å². The molecule has 1 heterocycles. The standard InChI is InChI=1S/C11H17NO2/c1-10(2,3)11(4,5)12-8(13)6-7-9(12)14/h6-7H,1-5H3. The number of carbonyl (C=O) groups excluding carboxylic acids is 2. The van der Waals surface area contributed by atoms with Crippen LogP contribution < -0.4 is 0 Å². The van der Waals surface area contributed by atoms with Gasteiger partial charge in [0.15, 0.2) is 0 Å². The first-order valence-corrected chi connectivity index (χ1v) is 4.74. The van der Waals surface area contributed by atoms with Crippen LogP contribution in [-0.4, -0.2) is 22.3 Å². The zero-order chi connectivity index (χ0) is 11.1. The molecule has 78 valence electrons. The highest BCUT2D eigenvalue weighted by atomic mass is 16.2. The minimum absolute atomic E-state index is 0.135. The Morgan fingerprint density at radius 3 is 1.57 bits per heavy atom. The van der Waals surface area contributed by atoms with Gasteiger partial charge < -0.3 is 0 Å². The number of nitrogens with zero attached hydrogens (tertiary/aromatic N) is 1. The second-order valence-corrected chi connectivity index (χ2v) is 5.15. The van der Waals surface area contributed by atoms with E-state index >= 15 is 0 Å². The maximum Gasteiger partial charge on any atom is 0.254 e. The van der Waals surface area contributed by atoms with E-state index in [1.54, 1.807) is 0 Å². The third-order valence-corrected chi connectivity index (χ3v) is 3.20. The van der Waals surface area contributed by atoms with Gasteiger partial charge in [0.25, 0.3) is 11.8 Å². The van der Waals surface area contributed by atoms with Crippen molar-refractivity contribution in [1.82, 2.24) is 4.90 Å². The van der Waals surface area contributed by atoms with E-state index in [1.807, 2.05) is 34.6 Å². The maximum atomic E-state index is 11.5. The number of imide groups is 1. The summed E-state index contributed by atoms with van der Waals surface area (Å²) in [6, 6.07) is 0. The van der Waals surface area contributed by atoms with E-state index in [0.717, 1.165) is 0 Å². The highest BCUT2D eigenvalue weighted by Gasteiger charge is 2.44. The Kier molecular flexibility index (Phi) is 2.30. The molecule has 0 aromatic rings. The van der Waals surface area contributed by atoms with Gasteiger partial charge in [0.1, 0.15) is 0 Å². The van der Waals surface area contributed by atoms with Gasteiger partial charge in [0.2, 0.25) is 0 Å². The van der Waals surface area contributed by atoms with Gasteiger partial charge in [-0.2, -0.15) is 0 Å². The molecule has 0 spiro atoms. The van der Waals surface area contributed by atoms with Crippen molar-refractivity contribution in [3.05, 3.63) is 12.2 Å². The molecule has 0 aliphatic carbocycles. The summed E-state index contributed by atoms with van der Waals surface area (Å²) in [5, 5.41) is 0. The maximum absolute atomic E-state index is 11.5. The van der Waals surface area contributed by atoms with E-state index in [2.05, 4.69) is 0 Å². The Bertz CT molecular complexity index is 290. The summed E-state index contributed by atoms with van der Waals surface area (Å²) in [4.78, 5) is 24.3. The largest absolute Gasteiger partial charge is 0.269 e. The molecule has 0 unspecified atom stereocenters. The Hall–Kier alpha value is -1.12. The molecule has 0 aromatic carbocycles. The lowest BCUT2D eigenvalue weighted by Crippen LogP contribution is -2.55. The van der Waals surface area contributed by atoms with E-state index in [4.69, 9.17) is 0 Å². The fraction of sp³-hybridized carbons (Fsp3) is 0.636. The number of carbonyl (C=O) groups is 2. The van der Waals surface area contributed by atoms with Gasteiger partial charge in [0, 0.05) is 12.2 Å². The zero-order valence-electron chi connectivity index (χ0n) is 9.42. The van der Waals surface area contributed by atoms with Gasteiger partial charge in [-0.1, -0.05) is 20.8 Å². The third-order valence-electron chi connectivity index (χ3n) is 3.20. The van der Waals surface area contributed by atoms with Crippen LogP contribution in [0.3, 0.4) is 0 Å². The number of hydrogen-bond donors (Lipinski definition) is 0. The molecule has 0 atom stereocenters. The second kappa shape index (κ2) is 2.94. The van der Waals surface area contributed by atoms with Crippen molar-refractivity contribution in [1.29, 1.82) is 0 Å². The zero-order valence-corrected chi connectivity index (χ0v) is 9.42. The van der Waals surface area contributed by atoms with E-state index in [1.165, 1.54) is 17.1 Å². The highest BCUT2D eigenvalue weighted by Crippen LogP contribution is 2.36. The van der Waals surface area contributed by atoms with Crippen LogP contribution in [-0.2, 0) is 9.59 Å². The molecule has 1 aliphatic heterocycles. The molecule has 0 N–H and O–H groups in total. The molecule has 2 amide bonds. The number of hydrogen-bond acceptors (Lipinski definition) is 2. The summed E-state index contributed by atoms with van der Waals surface area (Å²) in [5.41, 5.74) is -0.602. The summed E-state index contributed by atoms with van der Waals surface area (Å²) in [6.45, 7) is 9.88. The normalized spacial score (nSPS) is 18.2. The van der Waals surface area contributed by atoms with Gasteiger partial charge in [-0.15, -0.1) is 0 Å². The lowest BCUT2D eigenvalue weighted by molar-refractivity contribution is -0.147. The molecule has 3 nitrogen and oxygen atoms in total. The summed E-state index contributed by atoms with van der Waals surface area (Å²) >= 11 is 0. The van der Waals surface area contributed by atoms with E-state index < -0.39 is 5.54 Å². The topological polar surface area (TPSA) is 37.4 Å². The van der Waals surface area contributed by atoms with Crippen molar-refractivity contribution in [3.63, 3.8) is 0 Å². The molecule has 0 saturated carbocycles. The lowest BCUT2D eigenvalue weighted by atomic mass is 9.75. The van der Waals surface area contributed by atoms with E-state index in [0.29, 0.717) is 0 Å². The van der Waals surface area contributed by atoms with Crippen LogP contribution in [0.1, 0.15) is 34.6 Å². The average molecular weight is 195 g/mol. The van der Waals surface area contributed by atoms with Gasteiger partial charge >= 0.3 is 0 Å². The quantitative estimate of drug-likeness (QED) is 0.598. The fourth-order valence-corrected chi connectivity index (χ4v) is 1.29. The monoisotopic (exact) mass is 195 g/mol. The van der Waals surface area contributed by atoms with Crippen molar-refractivity contribution in [2.45, 2.75) is 40.2 Å². The lowest BCUT2D eigenvalue weighted by Gasteiger charge is -2.44. The first kappa shape index (κ1) is 11.0. The fourth-order valence-electron chi connectivity index (χ4n) is 1.29. The molecule has 1 rings (SSSR count). The Balaban J connectivity index is 3.06. The Labute approximate surface area is 84.8 Å².